The Kier molecular flexibility index (Phi) is 5.01. The molecule has 0 amide bonds. The standard InChI is InChI=1S/C15H17FN2O2S/c1-9(2)7-21-8-12-17-14(19)13(15(20)18-12)10-4-3-5-11(16)6-10/h3-6,9H,7-8H2,1-2H3,(H2,17,18,19,20). The van der Waals surface area contributed by atoms with Gasteiger partial charge in [-0.15, -0.1) is 0 Å². The molecule has 1 aromatic heterocycles. The SMILES string of the molecule is CC(C)CSCc1nc(O)c(-c2cccc(F)c2)c(=O)[nH]1. The molecule has 21 heavy (non-hydrogen) atoms. The lowest BCUT2D eigenvalue weighted by molar-refractivity contribution is 0.451. The molecule has 0 saturated heterocycles. The molecule has 0 radical (unpaired) electrons. The normalized spacial score (nSPS) is 11.0. The van der Waals surface area contributed by atoms with Crippen LogP contribution in [0.1, 0.15) is 19.7 Å². The Labute approximate surface area is 126 Å². The third-order valence-corrected chi connectivity index (χ3v) is 4.13. The van der Waals surface area contributed by atoms with Crippen LogP contribution in [0, 0.1) is 11.7 Å². The van der Waals surface area contributed by atoms with E-state index in [9.17, 15) is 14.3 Å². The molecule has 0 atom stereocenters. The van der Waals surface area contributed by atoms with Crippen LogP contribution >= 0.6 is 11.8 Å². The Morgan fingerprint density at radius 2 is 2.19 bits per heavy atom. The average molecular weight is 308 g/mol. The fourth-order valence-electron chi connectivity index (χ4n) is 1.87. The molecule has 0 aliphatic carbocycles. The fraction of sp³-hybridized carbons (Fsp3) is 0.333. The second kappa shape index (κ2) is 6.76. The maximum Gasteiger partial charge on any atom is 0.262 e. The van der Waals surface area contributed by atoms with Gasteiger partial charge in [0.25, 0.3) is 5.56 Å². The first-order chi connectivity index (χ1) is 9.97. The van der Waals surface area contributed by atoms with Crippen molar-refractivity contribution < 1.29 is 9.50 Å². The molecule has 2 rings (SSSR count). The largest absolute Gasteiger partial charge is 0.493 e. The van der Waals surface area contributed by atoms with E-state index in [0.717, 1.165) is 5.75 Å². The van der Waals surface area contributed by atoms with Crippen molar-refractivity contribution >= 4 is 11.8 Å². The smallest absolute Gasteiger partial charge is 0.262 e. The summed E-state index contributed by atoms with van der Waals surface area (Å²) in [5, 5.41) is 9.96. The molecule has 0 saturated carbocycles. The van der Waals surface area contributed by atoms with Gasteiger partial charge in [-0.05, 0) is 29.4 Å². The lowest BCUT2D eigenvalue weighted by atomic mass is 10.1. The number of nitrogens with zero attached hydrogens (tertiary/aromatic N) is 1. The first-order valence-electron chi connectivity index (χ1n) is 6.63. The van der Waals surface area contributed by atoms with Crippen LogP contribution in [0.25, 0.3) is 11.1 Å². The zero-order chi connectivity index (χ0) is 15.4. The number of hydrogen-bond acceptors (Lipinski definition) is 4. The summed E-state index contributed by atoms with van der Waals surface area (Å²) in [6, 6.07) is 5.51. The topological polar surface area (TPSA) is 66.0 Å². The van der Waals surface area contributed by atoms with Gasteiger partial charge in [-0.2, -0.15) is 16.7 Å². The van der Waals surface area contributed by atoms with E-state index in [2.05, 4.69) is 23.8 Å². The highest BCUT2D eigenvalue weighted by Crippen LogP contribution is 2.24. The van der Waals surface area contributed by atoms with Crippen LogP contribution in [0.3, 0.4) is 0 Å². The number of aromatic amines is 1. The summed E-state index contributed by atoms with van der Waals surface area (Å²) < 4.78 is 13.2. The molecule has 0 bridgehead atoms. The average Bonchev–Trinajstić information content (AvgIpc) is 2.37. The number of hydrogen-bond donors (Lipinski definition) is 2. The quantitative estimate of drug-likeness (QED) is 0.890. The molecule has 0 unspecified atom stereocenters. The van der Waals surface area contributed by atoms with E-state index in [1.807, 2.05) is 0 Å². The predicted octanol–water partition coefficient (Wildman–Crippen LogP) is 3.17. The number of nitrogens with one attached hydrogen (secondary N) is 1. The number of aromatic hydroxyl groups is 1. The number of halogens is 1. The maximum atomic E-state index is 13.2. The number of H-pyrrole nitrogens is 1. The zero-order valence-electron chi connectivity index (χ0n) is 11.9. The highest BCUT2D eigenvalue weighted by molar-refractivity contribution is 7.98. The van der Waals surface area contributed by atoms with E-state index in [4.69, 9.17) is 0 Å². The van der Waals surface area contributed by atoms with Gasteiger partial charge in [0.15, 0.2) is 0 Å². The van der Waals surface area contributed by atoms with Crippen molar-refractivity contribution in [1.29, 1.82) is 0 Å². The van der Waals surface area contributed by atoms with Crippen molar-refractivity contribution in [2.45, 2.75) is 19.6 Å². The summed E-state index contributed by atoms with van der Waals surface area (Å²) in [4.78, 5) is 18.7. The summed E-state index contributed by atoms with van der Waals surface area (Å²) >= 11 is 1.63. The van der Waals surface area contributed by atoms with E-state index in [1.54, 1.807) is 17.8 Å². The van der Waals surface area contributed by atoms with E-state index in [0.29, 0.717) is 23.1 Å². The van der Waals surface area contributed by atoms with E-state index >= 15 is 0 Å². The summed E-state index contributed by atoms with van der Waals surface area (Å²) in [7, 11) is 0. The first kappa shape index (κ1) is 15.6. The molecule has 0 spiro atoms. The molecule has 112 valence electrons. The number of thioether (sulfide) groups is 1. The molecular weight excluding hydrogens is 291 g/mol. The molecule has 1 aromatic carbocycles. The van der Waals surface area contributed by atoms with Gasteiger partial charge in [-0.3, -0.25) is 4.79 Å². The Morgan fingerprint density at radius 1 is 1.43 bits per heavy atom. The minimum Gasteiger partial charge on any atom is -0.493 e. The van der Waals surface area contributed by atoms with E-state index < -0.39 is 11.4 Å². The Morgan fingerprint density at radius 3 is 2.81 bits per heavy atom. The van der Waals surface area contributed by atoms with Crippen LogP contribution in [0.5, 0.6) is 5.88 Å². The monoisotopic (exact) mass is 308 g/mol. The minimum atomic E-state index is -0.470. The third kappa shape index (κ3) is 4.07. The van der Waals surface area contributed by atoms with Crippen LogP contribution in [-0.2, 0) is 5.75 Å². The molecule has 0 fully saturated rings. The maximum absolute atomic E-state index is 13.2. The molecule has 1 heterocycles. The Bertz CT molecular complexity index is 686. The highest BCUT2D eigenvalue weighted by Gasteiger charge is 2.13. The van der Waals surface area contributed by atoms with Crippen LogP contribution < -0.4 is 5.56 Å². The number of benzene rings is 1. The molecule has 4 nitrogen and oxygen atoms in total. The predicted molar refractivity (Wildman–Crippen MR) is 82.9 cm³/mol. The third-order valence-electron chi connectivity index (χ3n) is 2.75. The summed E-state index contributed by atoms with van der Waals surface area (Å²) in [6.07, 6.45) is 0. The fourth-order valence-corrected chi connectivity index (χ4v) is 2.79. The van der Waals surface area contributed by atoms with Gasteiger partial charge < -0.3 is 10.1 Å². The summed E-state index contributed by atoms with van der Waals surface area (Å²) in [6.45, 7) is 4.21. The molecule has 6 heteroatoms. The Balaban J connectivity index is 2.28. The van der Waals surface area contributed by atoms with Gasteiger partial charge >= 0.3 is 0 Å². The van der Waals surface area contributed by atoms with Gasteiger partial charge in [0.2, 0.25) is 5.88 Å². The highest BCUT2D eigenvalue weighted by atomic mass is 32.2. The van der Waals surface area contributed by atoms with Crippen molar-refractivity contribution in [3.63, 3.8) is 0 Å². The molecule has 2 aromatic rings. The lowest BCUT2D eigenvalue weighted by Crippen LogP contribution is -2.14. The molecule has 0 aliphatic heterocycles. The second-order valence-corrected chi connectivity index (χ2v) is 6.16. The van der Waals surface area contributed by atoms with Crippen LogP contribution in [-0.4, -0.2) is 20.8 Å². The van der Waals surface area contributed by atoms with Crippen LogP contribution in [0.4, 0.5) is 4.39 Å². The van der Waals surface area contributed by atoms with E-state index in [1.165, 1.54) is 18.2 Å². The van der Waals surface area contributed by atoms with Crippen LogP contribution in [0.15, 0.2) is 29.1 Å². The van der Waals surface area contributed by atoms with Crippen LogP contribution in [0.2, 0.25) is 0 Å². The summed E-state index contributed by atoms with van der Waals surface area (Å²) in [5.41, 5.74) is -0.164. The van der Waals surface area contributed by atoms with Crippen molar-refractivity contribution in [3.05, 3.63) is 46.3 Å². The Hall–Kier alpha value is -1.82. The van der Waals surface area contributed by atoms with Crippen molar-refractivity contribution in [2.75, 3.05) is 5.75 Å². The molecule has 0 aliphatic rings. The molecular formula is C15H17FN2O2S. The van der Waals surface area contributed by atoms with E-state index in [-0.39, 0.29) is 11.4 Å². The van der Waals surface area contributed by atoms with Gasteiger partial charge in [-0.25, -0.2) is 4.39 Å². The first-order valence-corrected chi connectivity index (χ1v) is 7.78. The second-order valence-electron chi connectivity index (χ2n) is 5.13. The minimum absolute atomic E-state index is 0.00731. The van der Waals surface area contributed by atoms with Gasteiger partial charge in [0, 0.05) is 0 Å². The van der Waals surface area contributed by atoms with Crippen molar-refractivity contribution in [1.82, 2.24) is 9.97 Å². The zero-order valence-corrected chi connectivity index (χ0v) is 12.7. The summed E-state index contributed by atoms with van der Waals surface area (Å²) in [5.74, 6) is 1.58. The van der Waals surface area contributed by atoms with Crippen molar-refractivity contribution in [2.24, 2.45) is 5.92 Å². The lowest BCUT2D eigenvalue weighted by Gasteiger charge is -2.07. The number of aromatic nitrogens is 2. The molecule has 2 N–H and O–H groups in total. The van der Waals surface area contributed by atoms with Crippen molar-refractivity contribution in [3.8, 4) is 17.0 Å². The van der Waals surface area contributed by atoms with Gasteiger partial charge in [0.05, 0.1) is 5.75 Å². The van der Waals surface area contributed by atoms with Gasteiger partial charge in [-0.1, -0.05) is 26.0 Å². The number of rotatable bonds is 5. The van der Waals surface area contributed by atoms with Gasteiger partial charge in [0.1, 0.15) is 17.2 Å².